The molecule has 20 heavy (non-hydrogen) atoms. The van der Waals surface area contributed by atoms with Gasteiger partial charge in [0.15, 0.2) is 0 Å². The molecule has 0 spiro atoms. The van der Waals surface area contributed by atoms with Gasteiger partial charge in [-0.15, -0.1) is 23.1 Å². The molecule has 1 aromatic heterocycles. The summed E-state index contributed by atoms with van der Waals surface area (Å²) in [6.45, 7) is 3.50. The summed E-state index contributed by atoms with van der Waals surface area (Å²) >= 11 is 3.96. The molecule has 2 nitrogen and oxygen atoms in total. The average molecular weight is 311 g/mol. The number of nitrogens with zero attached hydrogens (tertiary/aromatic N) is 1. The van der Waals surface area contributed by atoms with E-state index < -0.39 is 0 Å². The van der Waals surface area contributed by atoms with Gasteiger partial charge in [-0.05, 0) is 50.4 Å². The standard InChI is InChI=1S/C16H26N2S2/c1-12-10-14(13-6-9-19-15(13)20-12)17-11-16(18(2)3)7-4-5-8-16/h6,9,12,14,17H,4-5,7-8,10-11H2,1-3H3/t12-,14?/m0/s1. The number of thioether (sulfide) groups is 1. The van der Waals surface area contributed by atoms with Crippen molar-refractivity contribution in [1.29, 1.82) is 0 Å². The first-order valence-corrected chi connectivity index (χ1v) is 9.51. The molecule has 0 radical (unpaired) electrons. The van der Waals surface area contributed by atoms with Gasteiger partial charge >= 0.3 is 0 Å². The second kappa shape index (κ2) is 5.99. The van der Waals surface area contributed by atoms with E-state index in [2.05, 4.69) is 54.4 Å². The van der Waals surface area contributed by atoms with Gasteiger partial charge in [-0.2, -0.15) is 0 Å². The summed E-state index contributed by atoms with van der Waals surface area (Å²) in [5, 5.41) is 6.90. The van der Waals surface area contributed by atoms with Crippen LogP contribution in [-0.2, 0) is 0 Å². The summed E-state index contributed by atoms with van der Waals surface area (Å²) < 4.78 is 1.53. The predicted molar refractivity (Wildman–Crippen MR) is 89.9 cm³/mol. The molecule has 1 aliphatic carbocycles. The largest absolute Gasteiger partial charge is 0.308 e. The monoisotopic (exact) mass is 310 g/mol. The smallest absolute Gasteiger partial charge is 0.0649 e. The quantitative estimate of drug-likeness (QED) is 0.900. The van der Waals surface area contributed by atoms with Crippen LogP contribution in [0.15, 0.2) is 15.7 Å². The Bertz CT molecular complexity index is 449. The molecule has 0 amide bonds. The van der Waals surface area contributed by atoms with Crippen LogP contribution in [0, 0.1) is 0 Å². The van der Waals surface area contributed by atoms with Crippen molar-refractivity contribution >= 4 is 23.1 Å². The molecule has 0 aromatic carbocycles. The molecule has 2 aliphatic rings. The molecule has 0 saturated heterocycles. The van der Waals surface area contributed by atoms with Crippen molar-refractivity contribution in [3.8, 4) is 0 Å². The van der Waals surface area contributed by atoms with Crippen LogP contribution in [0.25, 0.3) is 0 Å². The highest BCUT2D eigenvalue weighted by Gasteiger charge is 2.37. The van der Waals surface area contributed by atoms with Gasteiger partial charge in [0.1, 0.15) is 0 Å². The Kier molecular flexibility index (Phi) is 4.46. The highest BCUT2D eigenvalue weighted by atomic mass is 32.2. The maximum Gasteiger partial charge on any atom is 0.0649 e. The summed E-state index contributed by atoms with van der Waals surface area (Å²) in [6, 6.07) is 2.89. The molecule has 1 aliphatic heterocycles. The fraction of sp³-hybridized carbons (Fsp3) is 0.750. The van der Waals surface area contributed by atoms with Crippen molar-refractivity contribution in [2.75, 3.05) is 20.6 Å². The van der Waals surface area contributed by atoms with E-state index in [0.717, 1.165) is 11.8 Å². The number of hydrogen-bond donors (Lipinski definition) is 1. The molecule has 2 heterocycles. The minimum atomic E-state index is 0.393. The van der Waals surface area contributed by atoms with Crippen LogP contribution >= 0.6 is 23.1 Å². The molecule has 0 bridgehead atoms. The van der Waals surface area contributed by atoms with Crippen LogP contribution in [0.5, 0.6) is 0 Å². The van der Waals surface area contributed by atoms with Crippen molar-refractivity contribution in [1.82, 2.24) is 10.2 Å². The molecule has 4 heteroatoms. The third kappa shape index (κ3) is 2.80. The zero-order valence-corrected chi connectivity index (χ0v) is 14.4. The Hall–Kier alpha value is -0.0300. The first-order chi connectivity index (χ1) is 9.61. The van der Waals surface area contributed by atoms with E-state index in [0.29, 0.717) is 11.6 Å². The lowest BCUT2D eigenvalue weighted by Crippen LogP contribution is -2.50. The van der Waals surface area contributed by atoms with Gasteiger partial charge in [0.05, 0.1) is 4.21 Å². The van der Waals surface area contributed by atoms with Gasteiger partial charge in [0.2, 0.25) is 0 Å². The van der Waals surface area contributed by atoms with Crippen molar-refractivity contribution in [2.45, 2.75) is 60.1 Å². The van der Waals surface area contributed by atoms with Gasteiger partial charge < -0.3 is 10.2 Å². The Labute approximate surface area is 131 Å². The van der Waals surface area contributed by atoms with E-state index >= 15 is 0 Å². The normalized spacial score (nSPS) is 28.8. The van der Waals surface area contributed by atoms with E-state index in [4.69, 9.17) is 0 Å². The van der Waals surface area contributed by atoms with Crippen LogP contribution in [0.4, 0.5) is 0 Å². The maximum atomic E-state index is 3.91. The van der Waals surface area contributed by atoms with Gasteiger partial charge in [0, 0.05) is 23.4 Å². The van der Waals surface area contributed by atoms with Gasteiger partial charge in [-0.1, -0.05) is 19.8 Å². The van der Waals surface area contributed by atoms with Crippen LogP contribution < -0.4 is 5.32 Å². The first-order valence-electron chi connectivity index (χ1n) is 7.76. The molecule has 2 atom stereocenters. The second-order valence-electron chi connectivity index (χ2n) is 6.59. The molecule has 1 fully saturated rings. The minimum absolute atomic E-state index is 0.393. The molecular formula is C16H26N2S2. The van der Waals surface area contributed by atoms with Gasteiger partial charge in [-0.25, -0.2) is 0 Å². The number of thiophene rings is 1. The van der Waals surface area contributed by atoms with Crippen LogP contribution in [-0.4, -0.2) is 36.3 Å². The van der Waals surface area contributed by atoms with E-state index in [9.17, 15) is 0 Å². The van der Waals surface area contributed by atoms with Gasteiger partial charge in [0.25, 0.3) is 0 Å². The Morgan fingerprint density at radius 2 is 2.10 bits per heavy atom. The number of nitrogens with one attached hydrogen (secondary N) is 1. The van der Waals surface area contributed by atoms with Crippen LogP contribution in [0.3, 0.4) is 0 Å². The summed E-state index contributed by atoms with van der Waals surface area (Å²) in [7, 11) is 4.50. The van der Waals surface area contributed by atoms with Crippen molar-refractivity contribution in [3.63, 3.8) is 0 Å². The molecule has 1 N–H and O–H groups in total. The summed E-state index contributed by atoms with van der Waals surface area (Å²) in [4.78, 5) is 2.46. The van der Waals surface area contributed by atoms with E-state index in [-0.39, 0.29) is 0 Å². The lowest BCUT2D eigenvalue weighted by Gasteiger charge is -2.39. The molecular weight excluding hydrogens is 284 g/mol. The van der Waals surface area contributed by atoms with Crippen molar-refractivity contribution in [3.05, 3.63) is 17.0 Å². The number of likely N-dealkylation sites (N-methyl/N-ethyl adjacent to an activating group) is 1. The summed E-state index contributed by atoms with van der Waals surface area (Å²) in [5.74, 6) is 0. The minimum Gasteiger partial charge on any atom is -0.308 e. The van der Waals surface area contributed by atoms with E-state index in [1.54, 1.807) is 5.56 Å². The molecule has 1 aromatic rings. The fourth-order valence-electron chi connectivity index (χ4n) is 3.67. The van der Waals surface area contributed by atoms with Crippen LogP contribution in [0.1, 0.15) is 50.6 Å². The van der Waals surface area contributed by atoms with Crippen molar-refractivity contribution in [2.24, 2.45) is 0 Å². The molecule has 3 rings (SSSR count). The fourth-order valence-corrected chi connectivity index (χ4v) is 6.24. The molecule has 1 unspecified atom stereocenters. The highest BCUT2D eigenvalue weighted by molar-refractivity contribution is 8.01. The van der Waals surface area contributed by atoms with Crippen LogP contribution in [0.2, 0.25) is 0 Å². The highest BCUT2D eigenvalue weighted by Crippen LogP contribution is 2.44. The van der Waals surface area contributed by atoms with Crippen molar-refractivity contribution < 1.29 is 0 Å². The summed E-state index contributed by atoms with van der Waals surface area (Å²) in [5.41, 5.74) is 1.94. The Morgan fingerprint density at radius 1 is 1.35 bits per heavy atom. The average Bonchev–Trinajstić information content (AvgIpc) is 3.04. The van der Waals surface area contributed by atoms with Gasteiger partial charge in [-0.3, -0.25) is 0 Å². The number of rotatable bonds is 4. The lowest BCUT2D eigenvalue weighted by molar-refractivity contribution is 0.148. The zero-order chi connectivity index (χ0) is 14.2. The lowest BCUT2D eigenvalue weighted by atomic mass is 9.94. The Balaban J connectivity index is 1.70. The van der Waals surface area contributed by atoms with E-state index in [1.165, 1.54) is 36.3 Å². The maximum absolute atomic E-state index is 3.91. The second-order valence-corrected chi connectivity index (χ2v) is 9.21. The third-order valence-corrected chi connectivity index (χ3v) is 7.41. The Morgan fingerprint density at radius 3 is 2.80 bits per heavy atom. The first kappa shape index (κ1) is 14.9. The topological polar surface area (TPSA) is 15.3 Å². The number of hydrogen-bond acceptors (Lipinski definition) is 4. The third-order valence-electron chi connectivity index (χ3n) is 5.07. The predicted octanol–water partition coefficient (Wildman–Crippen LogP) is 4.14. The molecule has 112 valence electrons. The number of fused-ring (bicyclic) bond motifs is 1. The van der Waals surface area contributed by atoms with E-state index in [1.807, 2.05) is 11.3 Å². The SMILES string of the molecule is C[C@H]1CC(NCC2(N(C)C)CCCC2)c2ccsc2S1. The molecule has 1 saturated carbocycles. The zero-order valence-electron chi connectivity index (χ0n) is 12.8. The summed E-state index contributed by atoms with van der Waals surface area (Å²) in [6.07, 6.45) is 6.74.